The topological polar surface area (TPSA) is 135 Å². The zero-order chi connectivity index (χ0) is 25.9. The molecule has 2 aromatic carbocycles. The number of carbonyl (C=O) groups is 1. The highest BCUT2D eigenvalue weighted by molar-refractivity contribution is 7.92. The molecule has 0 saturated carbocycles. The maximum absolute atomic E-state index is 13.1. The molecule has 9 nitrogen and oxygen atoms in total. The summed E-state index contributed by atoms with van der Waals surface area (Å²) >= 11 is 0. The fraction of sp³-hybridized carbons (Fsp3) is 0.423. The highest BCUT2D eigenvalue weighted by Crippen LogP contribution is 2.28. The molecule has 5 N–H and O–H groups in total. The van der Waals surface area contributed by atoms with Crippen LogP contribution in [0.1, 0.15) is 53.8 Å². The Labute approximate surface area is 211 Å². The first kappa shape index (κ1) is 26.0. The highest BCUT2D eigenvalue weighted by Gasteiger charge is 2.22. The van der Waals surface area contributed by atoms with Gasteiger partial charge in [-0.15, -0.1) is 0 Å². The maximum atomic E-state index is 13.1. The number of hydrogen-bond acceptors (Lipinski definition) is 6. The van der Waals surface area contributed by atoms with Gasteiger partial charge in [0.15, 0.2) is 0 Å². The third kappa shape index (κ3) is 6.18. The molecule has 4 rings (SSSR count). The number of nitrogens with one attached hydrogen (secondary N) is 3. The SMILES string of the molecule is C[C@H](Cc1c[nH]c2c(C(=O)N3CCCCC3)cccc12)NC[C@H](O)c1ccc(O)c(NS(C)(=O)=O)c1. The quantitative estimate of drug-likeness (QED) is 0.279. The van der Waals surface area contributed by atoms with Crippen LogP contribution in [0, 0.1) is 0 Å². The van der Waals surface area contributed by atoms with Crippen LogP contribution < -0.4 is 10.0 Å². The number of piperidine rings is 1. The summed E-state index contributed by atoms with van der Waals surface area (Å²) in [6, 6.07) is 10.2. The fourth-order valence-electron chi connectivity index (χ4n) is 4.70. The Morgan fingerprint density at radius 3 is 2.64 bits per heavy atom. The van der Waals surface area contributed by atoms with Gasteiger partial charge < -0.3 is 25.4 Å². The number of rotatable bonds is 9. The summed E-state index contributed by atoms with van der Waals surface area (Å²) in [7, 11) is -3.56. The first-order valence-electron chi connectivity index (χ1n) is 12.2. The van der Waals surface area contributed by atoms with Crippen LogP contribution in [-0.2, 0) is 16.4 Å². The zero-order valence-electron chi connectivity index (χ0n) is 20.6. The van der Waals surface area contributed by atoms with Gasteiger partial charge in [-0.25, -0.2) is 8.42 Å². The Morgan fingerprint density at radius 2 is 1.92 bits per heavy atom. The average Bonchev–Trinajstić information content (AvgIpc) is 3.26. The average molecular weight is 515 g/mol. The third-order valence-corrected chi connectivity index (χ3v) is 7.15. The molecule has 2 heterocycles. The summed E-state index contributed by atoms with van der Waals surface area (Å²) in [5.74, 6) is -0.142. The minimum Gasteiger partial charge on any atom is -0.506 e. The maximum Gasteiger partial charge on any atom is 0.255 e. The summed E-state index contributed by atoms with van der Waals surface area (Å²) in [4.78, 5) is 18.3. The predicted molar refractivity (Wildman–Crippen MR) is 141 cm³/mol. The molecule has 3 aromatic rings. The smallest absolute Gasteiger partial charge is 0.255 e. The molecule has 1 amide bonds. The molecule has 1 saturated heterocycles. The van der Waals surface area contributed by atoms with Crippen LogP contribution in [0.3, 0.4) is 0 Å². The van der Waals surface area contributed by atoms with Crippen LogP contribution in [0.5, 0.6) is 5.75 Å². The molecule has 0 aliphatic carbocycles. The number of phenols is 1. The molecule has 194 valence electrons. The number of aromatic nitrogens is 1. The van der Waals surface area contributed by atoms with Crippen molar-refractivity contribution >= 4 is 32.5 Å². The van der Waals surface area contributed by atoms with Crippen molar-refractivity contribution in [1.29, 1.82) is 0 Å². The molecule has 1 fully saturated rings. The second kappa shape index (κ2) is 10.9. The van der Waals surface area contributed by atoms with E-state index in [1.807, 2.05) is 36.2 Å². The lowest BCUT2D eigenvalue weighted by atomic mass is 10.0. The fourth-order valence-corrected chi connectivity index (χ4v) is 5.26. The lowest BCUT2D eigenvalue weighted by molar-refractivity contribution is 0.0726. The van der Waals surface area contributed by atoms with Crippen molar-refractivity contribution in [3.8, 4) is 5.75 Å². The Balaban J connectivity index is 1.40. The number of aliphatic hydroxyl groups is 1. The number of sulfonamides is 1. The summed E-state index contributed by atoms with van der Waals surface area (Å²) < 4.78 is 25.3. The molecular formula is C26H34N4O5S. The largest absolute Gasteiger partial charge is 0.506 e. The van der Waals surface area contributed by atoms with E-state index >= 15 is 0 Å². The second-order valence-electron chi connectivity index (χ2n) is 9.57. The van der Waals surface area contributed by atoms with Crippen molar-refractivity contribution in [3.05, 3.63) is 59.3 Å². The summed E-state index contributed by atoms with van der Waals surface area (Å²) in [6.45, 7) is 3.87. The number of aromatic hydroxyl groups is 1. The van der Waals surface area contributed by atoms with Crippen LogP contribution in [0.4, 0.5) is 5.69 Å². The summed E-state index contributed by atoms with van der Waals surface area (Å²) in [6.07, 6.45) is 5.99. The normalized spacial score (nSPS) is 16.1. The number of aromatic amines is 1. The van der Waals surface area contributed by atoms with Crippen molar-refractivity contribution in [2.75, 3.05) is 30.6 Å². The van der Waals surface area contributed by atoms with Crippen LogP contribution in [-0.4, -0.2) is 66.4 Å². The monoisotopic (exact) mass is 514 g/mol. The minimum absolute atomic E-state index is 0.0193. The predicted octanol–water partition coefficient (Wildman–Crippen LogP) is 3.13. The molecular weight excluding hydrogens is 480 g/mol. The van der Waals surface area contributed by atoms with E-state index in [9.17, 15) is 23.4 Å². The number of anilines is 1. The molecule has 0 bridgehead atoms. The first-order chi connectivity index (χ1) is 17.1. The number of carbonyl (C=O) groups excluding carboxylic acids is 1. The molecule has 1 aliphatic rings. The summed E-state index contributed by atoms with van der Waals surface area (Å²) in [5.41, 5.74) is 3.13. The van der Waals surface area contributed by atoms with E-state index in [1.54, 1.807) is 6.07 Å². The van der Waals surface area contributed by atoms with Crippen LogP contribution in [0.15, 0.2) is 42.6 Å². The number of hydrogen-bond donors (Lipinski definition) is 5. The molecule has 0 unspecified atom stereocenters. The van der Waals surface area contributed by atoms with E-state index in [1.165, 1.54) is 18.6 Å². The van der Waals surface area contributed by atoms with Crippen LogP contribution in [0.2, 0.25) is 0 Å². The van der Waals surface area contributed by atoms with Gasteiger partial charge in [-0.1, -0.05) is 18.2 Å². The van der Waals surface area contributed by atoms with Crippen LogP contribution in [0.25, 0.3) is 10.9 Å². The van der Waals surface area contributed by atoms with Gasteiger partial charge >= 0.3 is 0 Å². The van der Waals surface area contributed by atoms with Gasteiger partial charge in [0.1, 0.15) is 5.75 Å². The van der Waals surface area contributed by atoms with Crippen molar-refractivity contribution in [2.45, 2.75) is 44.8 Å². The van der Waals surface area contributed by atoms with Gasteiger partial charge in [-0.05, 0) is 61.9 Å². The summed E-state index contributed by atoms with van der Waals surface area (Å²) in [5, 5.41) is 24.9. The first-order valence-corrected chi connectivity index (χ1v) is 14.1. The van der Waals surface area contributed by atoms with Crippen molar-refractivity contribution < 1.29 is 23.4 Å². The lowest BCUT2D eigenvalue weighted by Gasteiger charge is -2.26. The highest BCUT2D eigenvalue weighted by atomic mass is 32.2. The van der Waals surface area contributed by atoms with Gasteiger partial charge in [-0.3, -0.25) is 9.52 Å². The van der Waals surface area contributed by atoms with E-state index < -0.39 is 16.1 Å². The number of H-pyrrole nitrogens is 1. The molecule has 1 aliphatic heterocycles. The zero-order valence-corrected chi connectivity index (χ0v) is 21.4. The van der Waals surface area contributed by atoms with E-state index in [-0.39, 0.29) is 29.9 Å². The number of para-hydroxylation sites is 1. The molecule has 10 heteroatoms. The molecule has 36 heavy (non-hydrogen) atoms. The second-order valence-corrected chi connectivity index (χ2v) is 11.3. The number of benzene rings is 2. The number of aliphatic hydroxyl groups excluding tert-OH is 1. The number of fused-ring (bicyclic) bond motifs is 1. The van der Waals surface area contributed by atoms with Crippen molar-refractivity contribution in [1.82, 2.24) is 15.2 Å². The Bertz CT molecular complexity index is 1330. The number of phenolic OH excluding ortho intramolecular Hbond substituents is 1. The third-order valence-electron chi connectivity index (χ3n) is 6.56. The van der Waals surface area contributed by atoms with Crippen molar-refractivity contribution in [3.63, 3.8) is 0 Å². The number of amides is 1. The number of nitrogens with zero attached hydrogens (tertiary/aromatic N) is 1. The van der Waals surface area contributed by atoms with Crippen LogP contribution >= 0.6 is 0 Å². The molecule has 1 aromatic heterocycles. The van der Waals surface area contributed by atoms with Gasteiger partial charge in [0.2, 0.25) is 10.0 Å². The van der Waals surface area contributed by atoms with Gasteiger partial charge in [0.25, 0.3) is 5.91 Å². The Hall–Kier alpha value is -3.08. The number of likely N-dealkylation sites (tertiary alicyclic amines) is 1. The van der Waals surface area contributed by atoms with Crippen molar-refractivity contribution in [2.24, 2.45) is 0 Å². The molecule has 2 atom stereocenters. The van der Waals surface area contributed by atoms with Gasteiger partial charge in [0, 0.05) is 37.3 Å². The van der Waals surface area contributed by atoms with E-state index in [2.05, 4.69) is 15.0 Å². The molecule has 0 radical (unpaired) electrons. The van der Waals surface area contributed by atoms with E-state index in [4.69, 9.17) is 0 Å². The minimum atomic E-state index is -3.56. The van der Waals surface area contributed by atoms with Gasteiger partial charge in [0.05, 0.1) is 29.1 Å². The standard InChI is InChI=1S/C26H34N4O5S/c1-17(27-16-24(32)18-9-10-23(31)22(14-18)29-36(2,34)35)13-19-15-28-25-20(19)7-6-8-21(25)26(33)30-11-4-3-5-12-30/h6-10,14-15,17,24,27-29,31-32H,3-5,11-13,16H2,1-2H3/t17-,24+/m1/s1. The van der Waals surface area contributed by atoms with Gasteiger partial charge in [-0.2, -0.15) is 0 Å². The van der Waals surface area contributed by atoms with E-state index in [0.29, 0.717) is 17.5 Å². The van der Waals surface area contributed by atoms with E-state index in [0.717, 1.165) is 48.7 Å². The molecule has 0 spiro atoms. The Morgan fingerprint density at radius 1 is 1.17 bits per heavy atom. The lowest BCUT2D eigenvalue weighted by Crippen LogP contribution is -2.35. The Kier molecular flexibility index (Phi) is 7.87.